The molecule has 0 unspecified atom stereocenters. The zero-order chi connectivity index (χ0) is 18.6. The Bertz CT molecular complexity index is 966. The number of nitrogens with one attached hydrogen (secondary N) is 2. The van der Waals surface area contributed by atoms with Crippen LogP contribution in [0.1, 0.15) is 10.4 Å². The van der Waals surface area contributed by atoms with Crippen molar-refractivity contribution in [3.05, 3.63) is 56.9 Å². The molecule has 4 rings (SSSR count). The number of rotatable bonds is 5. The number of thiophene rings is 2. The molecule has 3 heterocycles. The molecule has 2 aromatic heterocycles. The summed E-state index contributed by atoms with van der Waals surface area (Å²) in [7, 11) is 0. The number of ether oxygens (including phenoxy) is 2. The molecule has 0 spiro atoms. The van der Waals surface area contributed by atoms with Gasteiger partial charge in [-0.25, -0.2) is 0 Å². The highest BCUT2D eigenvalue weighted by molar-refractivity contribution is 7.10. The Kier molecular flexibility index (Phi) is 5.08. The molecule has 0 saturated carbocycles. The van der Waals surface area contributed by atoms with Gasteiger partial charge in [0.25, 0.3) is 0 Å². The number of hydrogen-bond acceptors (Lipinski definition) is 6. The first kappa shape index (κ1) is 17.6. The lowest BCUT2D eigenvalue weighted by atomic mass is 10.2. The van der Waals surface area contributed by atoms with E-state index in [2.05, 4.69) is 22.1 Å². The Labute approximate surface area is 163 Å². The highest BCUT2D eigenvalue weighted by Crippen LogP contribution is 2.32. The van der Waals surface area contributed by atoms with Gasteiger partial charge in [-0.15, -0.1) is 11.3 Å². The standard InChI is InChI=1S/C19H16N2O4S2/c22-18(20-7-12-1-2-16-17(5-12)25-11-24-16)19(23)21-8-15-6-14(10-27-15)13-3-4-26-9-13/h1-6,9-10H,7-8,11H2,(H,20,22)(H,21,23). The second kappa shape index (κ2) is 7.81. The number of benzene rings is 1. The topological polar surface area (TPSA) is 76.7 Å². The van der Waals surface area contributed by atoms with E-state index in [0.29, 0.717) is 18.0 Å². The van der Waals surface area contributed by atoms with Crippen molar-refractivity contribution in [2.75, 3.05) is 6.79 Å². The molecule has 0 radical (unpaired) electrons. The molecule has 138 valence electrons. The Morgan fingerprint density at radius 2 is 1.74 bits per heavy atom. The zero-order valence-electron chi connectivity index (χ0n) is 14.2. The van der Waals surface area contributed by atoms with Crippen molar-refractivity contribution >= 4 is 34.5 Å². The molecule has 0 atom stereocenters. The largest absolute Gasteiger partial charge is 0.454 e. The van der Waals surface area contributed by atoms with E-state index in [0.717, 1.165) is 21.6 Å². The van der Waals surface area contributed by atoms with E-state index in [1.54, 1.807) is 34.8 Å². The molecule has 8 heteroatoms. The van der Waals surface area contributed by atoms with Gasteiger partial charge in [-0.05, 0) is 57.1 Å². The summed E-state index contributed by atoms with van der Waals surface area (Å²) in [6, 6.07) is 9.48. The fraction of sp³-hybridized carbons (Fsp3) is 0.158. The zero-order valence-corrected chi connectivity index (χ0v) is 15.8. The lowest BCUT2D eigenvalue weighted by Crippen LogP contribution is -2.39. The summed E-state index contributed by atoms with van der Waals surface area (Å²) in [5.74, 6) is 0.00872. The third kappa shape index (κ3) is 4.12. The molecular formula is C19H16N2O4S2. The first-order chi connectivity index (χ1) is 13.2. The minimum Gasteiger partial charge on any atom is -0.454 e. The minimum absolute atomic E-state index is 0.199. The summed E-state index contributed by atoms with van der Waals surface area (Å²) in [6.45, 7) is 0.764. The lowest BCUT2D eigenvalue weighted by Gasteiger charge is -2.06. The fourth-order valence-electron chi connectivity index (χ4n) is 2.61. The van der Waals surface area contributed by atoms with Crippen molar-refractivity contribution in [3.63, 3.8) is 0 Å². The van der Waals surface area contributed by atoms with Crippen LogP contribution in [0.3, 0.4) is 0 Å². The predicted octanol–water partition coefficient (Wildman–Crippen LogP) is 3.14. The van der Waals surface area contributed by atoms with Gasteiger partial charge < -0.3 is 20.1 Å². The van der Waals surface area contributed by atoms with Gasteiger partial charge in [0.1, 0.15) is 0 Å². The SMILES string of the molecule is O=C(NCc1ccc2c(c1)OCO2)C(=O)NCc1cc(-c2ccsc2)cs1. The fourth-order valence-corrected chi connectivity index (χ4v) is 4.11. The third-order valence-corrected chi connectivity index (χ3v) is 5.65. The molecule has 0 bridgehead atoms. The molecule has 2 amide bonds. The molecule has 3 aromatic rings. The minimum atomic E-state index is -0.665. The molecular weight excluding hydrogens is 384 g/mol. The summed E-state index contributed by atoms with van der Waals surface area (Å²) in [5, 5.41) is 11.4. The molecule has 2 N–H and O–H groups in total. The van der Waals surface area contributed by atoms with E-state index in [1.165, 1.54) is 0 Å². The van der Waals surface area contributed by atoms with E-state index in [9.17, 15) is 9.59 Å². The van der Waals surface area contributed by atoms with Crippen molar-refractivity contribution in [3.8, 4) is 22.6 Å². The number of hydrogen-bond donors (Lipinski definition) is 2. The van der Waals surface area contributed by atoms with Crippen LogP contribution in [-0.2, 0) is 22.7 Å². The number of carbonyl (C=O) groups excluding carboxylic acids is 2. The molecule has 0 saturated heterocycles. The highest BCUT2D eigenvalue weighted by atomic mass is 32.1. The normalized spacial score (nSPS) is 12.0. The monoisotopic (exact) mass is 400 g/mol. The Hall–Kier alpha value is -2.84. The average molecular weight is 400 g/mol. The second-order valence-corrected chi connectivity index (χ2v) is 7.64. The number of fused-ring (bicyclic) bond motifs is 1. The van der Waals surface area contributed by atoms with Crippen molar-refractivity contribution in [1.29, 1.82) is 0 Å². The van der Waals surface area contributed by atoms with E-state index in [-0.39, 0.29) is 13.3 Å². The summed E-state index contributed by atoms with van der Waals surface area (Å²) in [6.07, 6.45) is 0. The predicted molar refractivity (Wildman–Crippen MR) is 104 cm³/mol. The van der Waals surface area contributed by atoms with Gasteiger partial charge in [-0.3, -0.25) is 9.59 Å². The molecule has 1 aliphatic rings. The van der Waals surface area contributed by atoms with Crippen molar-refractivity contribution in [1.82, 2.24) is 10.6 Å². The Balaban J connectivity index is 1.26. The van der Waals surface area contributed by atoms with E-state index >= 15 is 0 Å². The van der Waals surface area contributed by atoms with Crippen LogP contribution in [0.2, 0.25) is 0 Å². The van der Waals surface area contributed by atoms with Gasteiger partial charge in [0, 0.05) is 11.4 Å². The van der Waals surface area contributed by atoms with Crippen LogP contribution in [-0.4, -0.2) is 18.6 Å². The van der Waals surface area contributed by atoms with Gasteiger partial charge >= 0.3 is 11.8 Å². The average Bonchev–Trinajstić information content (AvgIpc) is 3.44. The van der Waals surface area contributed by atoms with Gasteiger partial charge in [0.05, 0.1) is 6.54 Å². The van der Waals surface area contributed by atoms with Crippen molar-refractivity contribution < 1.29 is 19.1 Å². The maximum atomic E-state index is 12.0. The summed E-state index contributed by atoms with van der Waals surface area (Å²) < 4.78 is 10.5. The Morgan fingerprint density at radius 1 is 0.926 bits per heavy atom. The van der Waals surface area contributed by atoms with Gasteiger partial charge in [-0.2, -0.15) is 11.3 Å². The van der Waals surface area contributed by atoms with Crippen LogP contribution in [0, 0.1) is 0 Å². The van der Waals surface area contributed by atoms with E-state index in [1.807, 2.05) is 22.9 Å². The molecule has 0 fully saturated rings. The summed E-state index contributed by atoms with van der Waals surface area (Å²) in [4.78, 5) is 25.0. The number of amides is 2. The second-order valence-electron chi connectivity index (χ2n) is 5.87. The lowest BCUT2D eigenvalue weighted by molar-refractivity contribution is -0.139. The van der Waals surface area contributed by atoms with Crippen molar-refractivity contribution in [2.45, 2.75) is 13.1 Å². The molecule has 6 nitrogen and oxygen atoms in total. The highest BCUT2D eigenvalue weighted by Gasteiger charge is 2.16. The van der Waals surface area contributed by atoms with Gasteiger partial charge in [0.15, 0.2) is 11.5 Å². The van der Waals surface area contributed by atoms with Crippen LogP contribution < -0.4 is 20.1 Å². The molecule has 1 aliphatic heterocycles. The Morgan fingerprint density at radius 3 is 2.56 bits per heavy atom. The number of carbonyl (C=O) groups is 2. The van der Waals surface area contributed by atoms with Gasteiger partial charge in [-0.1, -0.05) is 6.07 Å². The maximum Gasteiger partial charge on any atom is 0.309 e. The van der Waals surface area contributed by atoms with Gasteiger partial charge in [0.2, 0.25) is 6.79 Å². The van der Waals surface area contributed by atoms with Crippen LogP contribution in [0.15, 0.2) is 46.5 Å². The molecule has 27 heavy (non-hydrogen) atoms. The van der Waals surface area contributed by atoms with Crippen molar-refractivity contribution in [2.24, 2.45) is 0 Å². The van der Waals surface area contributed by atoms with Crippen LogP contribution in [0.5, 0.6) is 11.5 Å². The van der Waals surface area contributed by atoms with E-state index in [4.69, 9.17) is 9.47 Å². The maximum absolute atomic E-state index is 12.0. The van der Waals surface area contributed by atoms with Crippen LogP contribution in [0.25, 0.3) is 11.1 Å². The quantitative estimate of drug-likeness (QED) is 0.645. The summed E-state index contributed by atoms with van der Waals surface area (Å²) >= 11 is 3.20. The summed E-state index contributed by atoms with van der Waals surface area (Å²) in [5.41, 5.74) is 3.12. The van der Waals surface area contributed by atoms with E-state index < -0.39 is 11.8 Å². The third-order valence-electron chi connectivity index (χ3n) is 4.03. The molecule has 1 aromatic carbocycles. The van der Waals surface area contributed by atoms with Crippen LogP contribution in [0.4, 0.5) is 0 Å². The first-order valence-electron chi connectivity index (χ1n) is 8.23. The first-order valence-corrected chi connectivity index (χ1v) is 10.1. The smallest absolute Gasteiger partial charge is 0.309 e. The van der Waals surface area contributed by atoms with Crippen LogP contribution >= 0.6 is 22.7 Å². The molecule has 0 aliphatic carbocycles.